The van der Waals surface area contributed by atoms with Crippen LogP contribution in [0.4, 0.5) is 10.1 Å². The number of benzene rings is 1. The number of hydrogen-bond acceptors (Lipinski definition) is 3. The van der Waals surface area contributed by atoms with Crippen LogP contribution in [0.2, 0.25) is 5.02 Å². The molecule has 1 amide bonds. The van der Waals surface area contributed by atoms with Gasteiger partial charge in [-0.3, -0.25) is 4.79 Å². The summed E-state index contributed by atoms with van der Waals surface area (Å²) in [6, 6.07) is 4.55. The van der Waals surface area contributed by atoms with Gasteiger partial charge in [-0.15, -0.1) is 0 Å². The maximum atomic E-state index is 13.2. The van der Waals surface area contributed by atoms with E-state index in [9.17, 15) is 9.18 Å². The number of amides is 1. The van der Waals surface area contributed by atoms with Crippen molar-refractivity contribution in [1.82, 2.24) is 5.32 Å². The number of likely N-dealkylation sites (N-methyl/N-ethyl adjacent to an activating group) is 1. The normalized spacial score (nSPS) is 25.0. The molecule has 0 aliphatic carbocycles. The third-order valence-electron chi connectivity index (χ3n) is 2.99. The van der Waals surface area contributed by atoms with Crippen molar-refractivity contribution in [1.29, 1.82) is 5.26 Å². The summed E-state index contributed by atoms with van der Waals surface area (Å²) in [4.78, 5) is 13.1. The number of nitrogens with zero attached hydrogens (tertiary/aromatic N) is 2. The number of carbonyl (C=O) groups is 1. The van der Waals surface area contributed by atoms with Gasteiger partial charge in [-0.05, 0) is 24.6 Å². The van der Waals surface area contributed by atoms with Gasteiger partial charge in [0.05, 0.1) is 23.1 Å². The molecule has 0 spiro atoms. The Morgan fingerprint density at radius 2 is 2.53 bits per heavy atom. The standard InChI is InChI=1S/C13H13ClFN3O/c1-18(9-2-3-11(15)10(14)5-9)13(19)12-4-8(6-16)7-17-12/h2-3,5,8,12,17H,4,7H2,1H3/t8-,12+/m1/s1/i1D3. The molecule has 0 aromatic heterocycles. The highest BCUT2D eigenvalue weighted by Crippen LogP contribution is 2.23. The van der Waals surface area contributed by atoms with E-state index < -0.39 is 24.7 Å². The van der Waals surface area contributed by atoms with E-state index in [1.54, 1.807) is 0 Å². The topological polar surface area (TPSA) is 56.1 Å². The smallest absolute Gasteiger partial charge is 0.243 e. The molecular weight excluding hydrogens is 269 g/mol. The summed E-state index contributed by atoms with van der Waals surface area (Å²) < 4.78 is 35.9. The molecule has 1 N–H and O–H groups in total. The van der Waals surface area contributed by atoms with Gasteiger partial charge in [0.15, 0.2) is 0 Å². The van der Waals surface area contributed by atoms with Crippen LogP contribution in [0.15, 0.2) is 18.2 Å². The van der Waals surface area contributed by atoms with Crippen molar-refractivity contribution in [3.8, 4) is 6.07 Å². The van der Waals surface area contributed by atoms with Crippen LogP contribution in [-0.2, 0) is 4.79 Å². The Kier molecular flexibility index (Phi) is 2.98. The zero-order valence-electron chi connectivity index (χ0n) is 12.9. The second-order valence-corrected chi connectivity index (χ2v) is 4.70. The lowest BCUT2D eigenvalue weighted by atomic mass is 10.1. The number of halogens is 2. The first kappa shape index (κ1) is 10.2. The van der Waals surface area contributed by atoms with Crippen molar-refractivity contribution in [2.75, 3.05) is 18.4 Å². The lowest BCUT2D eigenvalue weighted by Crippen LogP contribution is -2.41. The van der Waals surface area contributed by atoms with E-state index >= 15 is 0 Å². The van der Waals surface area contributed by atoms with Gasteiger partial charge in [0.2, 0.25) is 5.91 Å². The van der Waals surface area contributed by atoms with Gasteiger partial charge < -0.3 is 10.2 Å². The van der Waals surface area contributed by atoms with Gasteiger partial charge >= 0.3 is 0 Å². The second kappa shape index (κ2) is 5.55. The molecule has 1 aliphatic heterocycles. The first-order chi connectivity index (χ1) is 10.2. The van der Waals surface area contributed by atoms with Crippen LogP contribution in [0.5, 0.6) is 0 Å². The second-order valence-electron chi connectivity index (χ2n) is 4.29. The number of nitriles is 1. The van der Waals surface area contributed by atoms with Gasteiger partial charge in [-0.1, -0.05) is 11.6 Å². The third kappa shape index (κ3) is 2.86. The molecule has 1 aliphatic rings. The number of hydrogen-bond donors (Lipinski definition) is 1. The minimum absolute atomic E-state index is 0.0152. The molecule has 0 saturated carbocycles. The van der Waals surface area contributed by atoms with Crippen LogP contribution < -0.4 is 10.2 Å². The first-order valence-corrected chi connectivity index (χ1v) is 6.04. The lowest BCUT2D eigenvalue weighted by Gasteiger charge is -2.21. The summed E-state index contributed by atoms with van der Waals surface area (Å²) in [5.41, 5.74) is -0.0152. The van der Waals surface area contributed by atoms with Gasteiger partial charge in [-0.25, -0.2) is 4.39 Å². The molecule has 1 aromatic carbocycles. The molecule has 0 unspecified atom stereocenters. The maximum Gasteiger partial charge on any atom is 0.243 e. The fourth-order valence-electron chi connectivity index (χ4n) is 1.93. The molecule has 2 rings (SSSR count). The molecule has 1 saturated heterocycles. The molecule has 1 aromatic rings. The Hall–Kier alpha value is -1.64. The minimum Gasteiger partial charge on any atom is -0.314 e. The van der Waals surface area contributed by atoms with E-state index in [0.29, 0.717) is 11.4 Å². The zero-order valence-corrected chi connectivity index (χ0v) is 10.6. The van der Waals surface area contributed by atoms with Crippen molar-refractivity contribution in [3.05, 3.63) is 29.0 Å². The monoisotopic (exact) mass is 284 g/mol. The Labute approximate surface area is 120 Å². The van der Waals surface area contributed by atoms with E-state index in [2.05, 4.69) is 5.32 Å². The summed E-state index contributed by atoms with van der Waals surface area (Å²) in [5.74, 6) is -1.74. The predicted molar refractivity (Wildman–Crippen MR) is 70.3 cm³/mol. The van der Waals surface area contributed by atoms with Crippen LogP contribution in [0.1, 0.15) is 10.5 Å². The molecule has 4 nitrogen and oxygen atoms in total. The van der Waals surface area contributed by atoms with Gasteiger partial charge in [0, 0.05) is 23.3 Å². The quantitative estimate of drug-likeness (QED) is 0.903. The van der Waals surface area contributed by atoms with Crippen molar-refractivity contribution in [2.24, 2.45) is 5.92 Å². The molecule has 19 heavy (non-hydrogen) atoms. The molecule has 1 heterocycles. The highest BCUT2D eigenvalue weighted by molar-refractivity contribution is 6.31. The maximum absolute atomic E-state index is 13.2. The average Bonchev–Trinajstić information content (AvgIpc) is 2.90. The Morgan fingerprint density at radius 1 is 1.74 bits per heavy atom. The zero-order chi connectivity index (χ0) is 16.5. The predicted octanol–water partition coefficient (Wildman–Crippen LogP) is 1.94. The molecule has 1 fully saturated rings. The fourth-order valence-corrected chi connectivity index (χ4v) is 2.10. The summed E-state index contributed by atoms with van der Waals surface area (Å²) in [5, 5.41) is 11.4. The van der Waals surface area contributed by atoms with Crippen molar-refractivity contribution in [3.63, 3.8) is 0 Å². The average molecular weight is 285 g/mol. The summed E-state index contributed by atoms with van der Waals surface area (Å²) >= 11 is 5.66. The van der Waals surface area contributed by atoms with E-state index in [4.69, 9.17) is 21.0 Å². The third-order valence-corrected chi connectivity index (χ3v) is 3.28. The van der Waals surface area contributed by atoms with Crippen molar-refractivity contribution in [2.45, 2.75) is 12.5 Å². The minimum atomic E-state index is -2.75. The van der Waals surface area contributed by atoms with Crippen LogP contribution in [-0.4, -0.2) is 25.5 Å². The first-order valence-electron chi connectivity index (χ1n) is 7.16. The van der Waals surface area contributed by atoms with E-state index in [0.717, 1.165) is 12.1 Å². The molecule has 6 heteroatoms. The molecule has 0 bridgehead atoms. The molecule has 2 atom stereocenters. The van der Waals surface area contributed by atoms with Crippen molar-refractivity contribution >= 4 is 23.2 Å². The number of rotatable bonds is 2. The van der Waals surface area contributed by atoms with E-state index in [1.807, 2.05) is 6.07 Å². The SMILES string of the molecule is [2H]C([2H])([2H])N(C(=O)[C@@H]1C[C@H](C#N)CN1)c1ccc(F)c(Cl)c1. The lowest BCUT2D eigenvalue weighted by molar-refractivity contribution is -0.120. The molecule has 100 valence electrons. The van der Waals surface area contributed by atoms with Gasteiger partial charge in [0.1, 0.15) is 5.82 Å². The van der Waals surface area contributed by atoms with Crippen LogP contribution >= 0.6 is 11.6 Å². The summed E-state index contributed by atoms with van der Waals surface area (Å²) in [7, 11) is 0. The Balaban J connectivity index is 2.33. The van der Waals surface area contributed by atoms with Crippen LogP contribution in [0.25, 0.3) is 0 Å². The Bertz CT molecular complexity index is 632. The number of nitrogens with one attached hydrogen (secondary N) is 1. The molecular formula is C13H13ClFN3O. The van der Waals surface area contributed by atoms with Crippen LogP contribution in [0, 0.1) is 23.1 Å². The van der Waals surface area contributed by atoms with E-state index in [-0.39, 0.29) is 23.0 Å². The van der Waals surface area contributed by atoms with Gasteiger partial charge in [-0.2, -0.15) is 5.26 Å². The van der Waals surface area contributed by atoms with Crippen molar-refractivity contribution < 1.29 is 13.3 Å². The highest BCUT2D eigenvalue weighted by atomic mass is 35.5. The summed E-state index contributed by atoms with van der Waals surface area (Å²) in [6.45, 7) is -2.42. The van der Waals surface area contributed by atoms with Gasteiger partial charge in [0.25, 0.3) is 0 Å². The number of carbonyl (C=O) groups excluding carboxylic acids is 1. The Morgan fingerprint density at radius 3 is 3.11 bits per heavy atom. The largest absolute Gasteiger partial charge is 0.314 e. The number of anilines is 1. The summed E-state index contributed by atoms with van der Waals surface area (Å²) in [6.07, 6.45) is 0.233. The fraction of sp³-hybridized carbons (Fsp3) is 0.385. The highest BCUT2D eigenvalue weighted by Gasteiger charge is 2.31. The van der Waals surface area contributed by atoms with E-state index in [1.165, 1.54) is 6.07 Å². The van der Waals surface area contributed by atoms with Crippen LogP contribution in [0.3, 0.4) is 0 Å². The molecule has 0 radical (unpaired) electrons.